The van der Waals surface area contributed by atoms with Gasteiger partial charge in [-0.1, -0.05) is 18.2 Å². The number of hydrogen-bond acceptors (Lipinski definition) is 7. The Hall–Kier alpha value is -1.91. The molecule has 0 spiro atoms. The van der Waals surface area contributed by atoms with Gasteiger partial charge < -0.3 is 15.3 Å². The van der Waals surface area contributed by atoms with Gasteiger partial charge >= 0.3 is 29.6 Å². The van der Waals surface area contributed by atoms with Crippen LogP contribution in [0.2, 0.25) is 0 Å². The maximum Gasteiger partial charge on any atom is 1.00 e. The summed E-state index contributed by atoms with van der Waals surface area (Å²) in [4.78, 5) is 23.6. The third-order valence-corrected chi connectivity index (χ3v) is 4.34. The smallest absolute Gasteiger partial charge is 0.872 e. The van der Waals surface area contributed by atoms with E-state index in [1.54, 1.807) is 0 Å². The molecule has 0 amide bonds. The number of rotatable bonds is 1. The molecule has 0 aromatic heterocycles. The molecule has 0 saturated carbocycles. The number of hydrogen-bond donors (Lipinski definition) is 3. The molecule has 0 fully saturated rings. The first-order valence-electron chi connectivity index (χ1n) is 6.10. The summed E-state index contributed by atoms with van der Waals surface area (Å²) < 4.78 is 31.5. The van der Waals surface area contributed by atoms with Crippen LogP contribution in [0.15, 0.2) is 29.2 Å². The first-order valence-corrected chi connectivity index (χ1v) is 7.54. The number of phenols is 2. The summed E-state index contributed by atoms with van der Waals surface area (Å²) in [5.41, 5.74) is -1.53. The first-order chi connectivity index (χ1) is 10.6. The van der Waals surface area contributed by atoms with Crippen molar-refractivity contribution < 1.29 is 67.4 Å². The fourth-order valence-corrected chi connectivity index (χ4v) is 3.04. The average molecular weight is 358 g/mol. The van der Waals surface area contributed by atoms with Gasteiger partial charge in [0.1, 0.15) is 4.90 Å². The van der Waals surface area contributed by atoms with E-state index in [1.807, 2.05) is 0 Å². The molecule has 0 atom stereocenters. The number of fused-ring (bicyclic) bond motifs is 2. The molecule has 3 N–H and O–H groups in total. The maximum absolute atomic E-state index is 12.4. The van der Waals surface area contributed by atoms with Gasteiger partial charge in [-0.15, -0.1) is 5.75 Å². The fourth-order valence-electron chi connectivity index (χ4n) is 2.43. The van der Waals surface area contributed by atoms with E-state index in [-0.39, 0.29) is 40.7 Å². The second-order valence-corrected chi connectivity index (χ2v) is 6.23. The van der Waals surface area contributed by atoms with E-state index in [9.17, 15) is 33.3 Å². The van der Waals surface area contributed by atoms with Gasteiger partial charge in [-0.05, 0) is 6.07 Å². The minimum absolute atomic E-state index is 0. The zero-order valence-corrected chi connectivity index (χ0v) is 14.9. The Morgan fingerprint density at radius 1 is 0.875 bits per heavy atom. The molecule has 3 rings (SSSR count). The van der Waals surface area contributed by atoms with Gasteiger partial charge in [0.25, 0.3) is 10.1 Å². The predicted octanol–water partition coefficient (Wildman–Crippen LogP) is -2.80. The van der Waals surface area contributed by atoms with Crippen molar-refractivity contribution in [3.05, 3.63) is 46.5 Å². The molecule has 118 valence electrons. The standard InChI is InChI=1S/C14H8O8S.Na/c15-5-1-2-6-7(3-5)11(16)8-4-9(23(20,21)22)13(18)14(19)10(8)12(6)17;/h1-4,15,18-19H,(H,20,21,22);/q;+1/p-1. The summed E-state index contributed by atoms with van der Waals surface area (Å²) in [6.07, 6.45) is 0. The molecular weight excluding hydrogens is 351 g/mol. The summed E-state index contributed by atoms with van der Waals surface area (Å²) in [5.74, 6) is -4.65. The van der Waals surface area contributed by atoms with Crippen LogP contribution in [0.5, 0.6) is 17.2 Å². The van der Waals surface area contributed by atoms with E-state index in [0.29, 0.717) is 6.07 Å². The van der Waals surface area contributed by atoms with Crippen molar-refractivity contribution in [3.8, 4) is 17.2 Å². The number of carbonyl (C=O) groups is 2. The Balaban J connectivity index is 0.00000208. The van der Waals surface area contributed by atoms with Gasteiger partial charge in [-0.25, -0.2) is 0 Å². The molecule has 0 radical (unpaired) electrons. The molecule has 1 aliphatic carbocycles. The van der Waals surface area contributed by atoms with Gasteiger partial charge in [-0.2, -0.15) is 8.42 Å². The Labute approximate surface area is 157 Å². The normalized spacial score (nSPS) is 13.0. The molecule has 8 nitrogen and oxygen atoms in total. The molecular formula is C14H7NaO8S. The fraction of sp³-hybridized carbons (Fsp3) is 0. The third-order valence-electron chi connectivity index (χ3n) is 3.47. The number of phenolic OH excluding ortho intramolecular Hbond substituents is 2. The van der Waals surface area contributed by atoms with Crippen molar-refractivity contribution in [1.82, 2.24) is 0 Å². The second-order valence-electron chi connectivity index (χ2n) is 4.84. The van der Waals surface area contributed by atoms with Crippen molar-refractivity contribution in [2.24, 2.45) is 0 Å². The zero-order valence-electron chi connectivity index (χ0n) is 12.1. The van der Waals surface area contributed by atoms with E-state index in [1.165, 1.54) is 0 Å². The summed E-state index contributed by atoms with van der Waals surface area (Å²) in [5, 5.41) is 30.9. The summed E-state index contributed by atoms with van der Waals surface area (Å²) in [6.45, 7) is 0. The number of benzene rings is 2. The van der Waals surface area contributed by atoms with Crippen LogP contribution in [0.4, 0.5) is 0 Å². The van der Waals surface area contributed by atoms with Crippen LogP contribution in [0.3, 0.4) is 0 Å². The predicted molar refractivity (Wildman–Crippen MR) is 72.3 cm³/mol. The molecule has 0 bridgehead atoms. The van der Waals surface area contributed by atoms with Crippen LogP contribution in [-0.4, -0.2) is 34.8 Å². The van der Waals surface area contributed by atoms with Crippen molar-refractivity contribution in [1.29, 1.82) is 0 Å². The van der Waals surface area contributed by atoms with Gasteiger partial charge in [0.2, 0.25) is 0 Å². The number of aromatic hydroxyl groups is 2. The Kier molecular flexibility index (Phi) is 4.51. The SMILES string of the molecule is O=C1c2cc([O-])ccc2C(=O)c2c1cc(S(=O)(=O)O)c(O)c2O.[Na+]. The second kappa shape index (κ2) is 5.87. The quantitative estimate of drug-likeness (QED) is 0.240. The average Bonchev–Trinajstić information content (AvgIpc) is 2.46. The minimum atomic E-state index is -4.95. The molecule has 0 aliphatic heterocycles. The zero-order chi connectivity index (χ0) is 17.1. The molecule has 0 saturated heterocycles. The van der Waals surface area contributed by atoms with E-state index in [2.05, 4.69) is 0 Å². The summed E-state index contributed by atoms with van der Waals surface area (Å²) in [7, 11) is -4.95. The van der Waals surface area contributed by atoms with Crippen LogP contribution >= 0.6 is 0 Å². The van der Waals surface area contributed by atoms with Crippen LogP contribution in [0.1, 0.15) is 31.8 Å². The van der Waals surface area contributed by atoms with E-state index in [4.69, 9.17) is 4.55 Å². The van der Waals surface area contributed by atoms with E-state index >= 15 is 0 Å². The molecule has 2 aromatic carbocycles. The topological polar surface area (TPSA) is 152 Å². The van der Waals surface area contributed by atoms with Crippen molar-refractivity contribution in [3.63, 3.8) is 0 Å². The molecule has 1 aliphatic rings. The van der Waals surface area contributed by atoms with Gasteiger partial charge in [0.15, 0.2) is 23.1 Å². The Bertz CT molecular complexity index is 1010. The Morgan fingerprint density at radius 3 is 2.08 bits per heavy atom. The largest absolute Gasteiger partial charge is 1.00 e. The summed E-state index contributed by atoms with van der Waals surface area (Å²) in [6, 6.07) is 3.66. The minimum Gasteiger partial charge on any atom is -0.872 e. The number of carbonyl (C=O) groups excluding carboxylic acids is 2. The maximum atomic E-state index is 12.4. The van der Waals surface area contributed by atoms with Crippen molar-refractivity contribution in [2.75, 3.05) is 0 Å². The molecule has 2 aromatic rings. The molecule has 10 heteroatoms. The molecule has 0 heterocycles. The van der Waals surface area contributed by atoms with Crippen molar-refractivity contribution >= 4 is 21.7 Å². The third kappa shape index (κ3) is 2.60. The van der Waals surface area contributed by atoms with E-state index in [0.717, 1.165) is 18.2 Å². The number of ketones is 2. The van der Waals surface area contributed by atoms with Gasteiger partial charge in [-0.3, -0.25) is 14.1 Å². The van der Waals surface area contributed by atoms with Crippen LogP contribution < -0.4 is 34.7 Å². The van der Waals surface area contributed by atoms with E-state index < -0.39 is 55.0 Å². The van der Waals surface area contributed by atoms with Crippen LogP contribution in [0, 0.1) is 0 Å². The first kappa shape index (κ1) is 18.4. The monoisotopic (exact) mass is 358 g/mol. The Morgan fingerprint density at radius 2 is 1.50 bits per heavy atom. The van der Waals surface area contributed by atoms with Crippen LogP contribution in [0.25, 0.3) is 0 Å². The van der Waals surface area contributed by atoms with Crippen LogP contribution in [-0.2, 0) is 10.1 Å². The van der Waals surface area contributed by atoms with Gasteiger partial charge in [0.05, 0.1) is 5.56 Å². The van der Waals surface area contributed by atoms with Gasteiger partial charge in [0, 0.05) is 16.7 Å². The molecule has 24 heavy (non-hydrogen) atoms. The summed E-state index contributed by atoms with van der Waals surface area (Å²) >= 11 is 0. The molecule has 0 unspecified atom stereocenters. The van der Waals surface area contributed by atoms with Crippen molar-refractivity contribution in [2.45, 2.75) is 4.90 Å².